The highest BCUT2D eigenvalue weighted by atomic mass is 16.3. The van der Waals surface area contributed by atoms with Crippen LogP contribution in [0.15, 0.2) is 0 Å². The third-order valence-electron chi connectivity index (χ3n) is 3.07. The lowest BCUT2D eigenvalue weighted by Crippen LogP contribution is -2.33. The Hall–Kier alpha value is -0.120. The van der Waals surface area contributed by atoms with Gasteiger partial charge in [-0.05, 0) is 52.9 Å². The predicted octanol–water partition coefficient (Wildman–Crippen LogP) is 0.497. The molecule has 0 spiro atoms. The van der Waals surface area contributed by atoms with Crippen LogP contribution in [0, 0.1) is 11.8 Å². The maximum Gasteiger partial charge on any atom is 0.0620 e. The Morgan fingerprint density at radius 2 is 1.29 bits per heavy atom. The number of hydrogen-bond acceptors (Lipinski definition) is 3. The van der Waals surface area contributed by atoms with Crippen LogP contribution in [-0.4, -0.2) is 62.3 Å². The van der Waals surface area contributed by atoms with E-state index in [9.17, 15) is 5.11 Å². The fourth-order valence-corrected chi connectivity index (χ4v) is 2.49. The van der Waals surface area contributed by atoms with Gasteiger partial charge < -0.3 is 14.9 Å². The largest absolute Gasteiger partial charge is 0.392 e. The highest BCUT2D eigenvalue weighted by Gasteiger charge is 2.34. The first-order valence-corrected chi connectivity index (χ1v) is 5.48. The summed E-state index contributed by atoms with van der Waals surface area (Å²) in [6.45, 7) is 2.04. The molecule has 0 aliphatic heterocycles. The minimum atomic E-state index is -0.0974. The maximum atomic E-state index is 10.1. The molecule has 3 nitrogen and oxygen atoms in total. The van der Waals surface area contributed by atoms with E-state index < -0.39 is 0 Å². The Kier molecular flexibility index (Phi) is 4.35. The molecule has 1 fully saturated rings. The molecular formula is C11H24N2O. The molecule has 2 atom stereocenters. The predicted molar refractivity (Wildman–Crippen MR) is 59.3 cm³/mol. The van der Waals surface area contributed by atoms with Crippen LogP contribution in [0.2, 0.25) is 0 Å². The number of rotatable bonds is 4. The zero-order chi connectivity index (χ0) is 10.7. The first-order valence-electron chi connectivity index (χ1n) is 5.48. The summed E-state index contributed by atoms with van der Waals surface area (Å²) in [5.74, 6) is 0.963. The van der Waals surface area contributed by atoms with E-state index in [1.165, 1.54) is 12.8 Å². The van der Waals surface area contributed by atoms with Crippen LogP contribution in [0.3, 0.4) is 0 Å². The molecule has 0 amide bonds. The summed E-state index contributed by atoms with van der Waals surface area (Å²) in [7, 11) is 8.30. The van der Waals surface area contributed by atoms with Gasteiger partial charge in [-0.3, -0.25) is 0 Å². The van der Waals surface area contributed by atoms with E-state index in [1.54, 1.807) is 0 Å². The fourth-order valence-electron chi connectivity index (χ4n) is 2.49. The van der Waals surface area contributed by atoms with E-state index in [2.05, 4.69) is 38.0 Å². The van der Waals surface area contributed by atoms with Crippen LogP contribution < -0.4 is 0 Å². The summed E-state index contributed by atoms with van der Waals surface area (Å²) in [4.78, 5) is 4.35. The van der Waals surface area contributed by atoms with Crippen LogP contribution in [0.25, 0.3) is 0 Å². The van der Waals surface area contributed by atoms with Gasteiger partial charge in [-0.2, -0.15) is 0 Å². The molecule has 0 aromatic heterocycles. The van der Waals surface area contributed by atoms with E-state index >= 15 is 0 Å². The van der Waals surface area contributed by atoms with Crippen LogP contribution in [0.4, 0.5) is 0 Å². The van der Waals surface area contributed by atoms with Crippen molar-refractivity contribution in [3.8, 4) is 0 Å². The average Bonchev–Trinajstić information content (AvgIpc) is 2.34. The van der Waals surface area contributed by atoms with Gasteiger partial charge in [-0.1, -0.05) is 0 Å². The van der Waals surface area contributed by atoms with E-state index in [0.717, 1.165) is 13.1 Å². The molecule has 1 aliphatic rings. The van der Waals surface area contributed by atoms with E-state index in [0.29, 0.717) is 11.8 Å². The van der Waals surface area contributed by atoms with Gasteiger partial charge >= 0.3 is 0 Å². The van der Waals surface area contributed by atoms with Crippen LogP contribution in [-0.2, 0) is 0 Å². The van der Waals surface area contributed by atoms with Crippen LogP contribution in [0.1, 0.15) is 12.8 Å². The smallest absolute Gasteiger partial charge is 0.0620 e. The fraction of sp³-hybridized carbons (Fsp3) is 1.00. The molecule has 3 heteroatoms. The van der Waals surface area contributed by atoms with Gasteiger partial charge in [-0.15, -0.1) is 0 Å². The van der Waals surface area contributed by atoms with Crippen molar-refractivity contribution in [2.24, 2.45) is 11.8 Å². The molecule has 0 aromatic carbocycles. The highest BCUT2D eigenvalue weighted by molar-refractivity contribution is 4.86. The van der Waals surface area contributed by atoms with E-state index in [1.807, 2.05) is 0 Å². The molecule has 0 saturated heterocycles. The van der Waals surface area contributed by atoms with Gasteiger partial charge in [0.15, 0.2) is 0 Å². The second-order valence-electron chi connectivity index (χ2n) is 5.11. The topological polar surface area (TPSA) is 26.7 Å². The molecule has 0 heterocycles. The quantitative estimate of drug-likeness (QED) is 0.716. The van der Waals surface area contributed by atoms with E-state index in [-0.39, 0.29) is 6.10 Å². The zero-order valence-corrected chi connectivity index (χ0v) is 9.90. The minimum absolute atomic E-state index is 0.0974. The Labute approximate surface area is 87.7 Å². The van der Waals surface area contributed by atoms with E-state index in [4.69, 9.17) is 0 Å². The Bertz CT molecular complexity index is 153. The highest BCUT2D eigenvalue weighted by Crippen LogP contribution is 2.31. The summed E-state index contributed by atoms with van der Waals surface area (Å²) < 4.78 is 0. The number of aliphatic hydroxyl groups excluding tert-OH is 1. The van der Waals surface area contributed by atoms with Crippen molar-refractivity contribution in [2.75, 3.05) is 41.3 Å². The lowest BCUT2D eigenvalue weighted by molar-refractivity contribution is 0.0682. The summed E-state index contributed by atoms with van der Waals surface area (Å²) in [5.41, 5.74) is 0. The molecule has 0 unspecified atom stereocenters. The van der Waals surface area contributed by atoms with Crippen molar-refractivity contribution in [3.05, 3.63) is 0 Å². The van der Waals surface area contributed by atoms with Crippen LogP contribution >= 0.6 is 0 Å². The van der Waals surface area contributed by atoms with Gasteiger partial charge in [0.1, 0.15) is 0 Å². The van der Waals surface area contributed by atoms with Crippen molar-refractivity contribution in [1.29, 1.82) is 0 Å². The second-order valence-corrected chi connectivity index (χ2v) is 5.11. The third-order valence-corrected chi connectivity index (χ3v) is 3.07. The van der Waals surface area contributed by atoms with Crippen molar-refractivity contribution < 1.29 is 5.11 Å². The first kappa shape index (κ1) is 12.0. The molecule has 0 aromatic rings. The standard InChI is InChI=1S/C11H24N2O/c1-12(2)7-9-5-6-10(11(9)14)8-13(3)4/h9-11,14H,5-8H2,1-4H3/t9-,10-/m1/s1. The molecule has 1 aliphatic carbocycles. The van der Waals surface area contributed by atoms with Gasteiger partial charge in [0, 0.05) is 13.1 Å². The van der Waals surface area contributed by atoms with Crippen LogP contribution in [0.5, 0.6) is 0 Å². The Balaban J connectivity index is 2.38. The summed E-state index contributed by atoms with van der Waals surface area (Å²) in [5, 5.41) is 10.1. The molecule has 1 rings (SSSR count). The molecule has 0 radical (unpaired) electrons. The lowest BCUT2D eigenvalue weighted by atomic mass is 10.0. The molecule has 84 valence electrons. The first-order chi connectivity index (χ1) is 6.50. The maximum absolute atomic E-state index is 10.1. The average molecular weight is 200 g/mol. The molecular weight excluding hydrogens is 176 g/mol. The number of hydrogen-bond donors (Lipinski definition) is 1. The zero-order valence-electron chi connectivity index (χ0n) is 9.90. The monoisotopic (exact) mass is 200 g/mol. The van der Waals surface area contributed by atoms with Gasteiger partial charge in [-0.25, -0.2) is 0 Å². The molecule has 0 bridgehead atoms. The van der Waals surface area contributed by atoms with Gasteiger partial charge in [0.25, 0.3) is 0 Å². The van der Waals surface area contributed by atoms with Gasteiger partial charge in [0.05, 0.1) is 6.10 Å². The van der Waals surface area contributed by atoms with Crippen molar-refractivity contribution in [3.63, 3.8) is 0 Å². The lowest BCUT2D eigenvalue weighted by Gasteiger charge is -2.24. The summed E-state index contributed by atoms with van der Waals surface area (Å²) in [6, 6.07) is 0. The van der Waals surface area contributed by atoms with Crippen molar-refractivity contribution in [2.45, 2.75) is 18.9 Å². The molecule has 14 heavy (non-hydrogen) atoms. The molecule has 1 N–H and O–H groups in total. The van der Waals surface area contributed by atoms with Crippen molar-refractivity contribution >= 4 is 0 Å². The minimum Gasteiger partial charge on any atom is -0.392 e. The SMILES string of the molecule is CN(C)C[C@H]1CC[C@H](CN(C)C)C1O. The number of aliphatic hydroxyl groups is 1. The number of nitrogens with zero attached hydrogens (tertiary/aromatic N) is 2. The third kappa shape index (κ3) is 3.23. The summed E-state index contributed by atoms with van der Waals surface area (Å²) in [6.07, 6.45) is 2.26. The Morgan fingerprint density at radius 3 is 1.57 bits per heavy atom. The van der Waals surface area contributed by atoms with Crippen molar-refractivity contribution in [1.82, 2.24) is 9.80 Å². The Morgan fingerprint density at radius 1 is 0.929 bits per heavy atom. The summed E-state index contributed by atoms with van der Waals surface area (Å²) >= 11 is 0. The second kappa shape index (κ2) is 5.10. The molecule has 1 saturated carbocycles. The normalized spacial score (nSPS) is 29.4. The van der Waals surface area contributed by atoms with Gasteiger partial charge in [0.2, 0.25) is 0 Å².